The quantitative estimate of drug-likeness (QED) is 0.680. The van der Waals surface area contributed by atoms with Crippen molar-refractivity contribution in [3.63, 3.8) is 0 Å². The van der Waals surface area contributed by atoms with E-state index in [1.165, 1.54) is 0 Å². The molecule has 3 N–H and O–H groups in total. The first-order valence-corrected chi connectivity index (χ1v) is 7.59. The number of nitrogens with one attached hydrogen (secondary N) is 2. The van der Waals surface area contributed by atoms with Crippen molar-refractivity contribution in [2.45, 2.75) is 26.7 Å². The summed E-state index contributed by atoms with van der Waals surface area (Å²) in [7, 11) is 0. The predicted octanol–water partition coefficient (Wildman–Crippen LogP) is 2.78. The van der Waals surface area contributed by atoms with Gasteiger partial charge < -0.3 is 15.7 Å². The summed E-state index contributed by atoms with van der Waals surface area (Å²) in [6.45, 7) is 5.51. The average molecular weight is 343 g/mol. The molecule has 0 aliphatic rings. The molecule has 0 spiro atoms. The summed E-state index contributed by atoms with van der Waals surface area (Å²) in [5.74, 6) is -0.0507. The Hall–Kier alpha value is -0.910. The van der Waals surface area contributed by atoms with Gasteiger partial charge in [-0.3, -0.25) is 4.79 Å². The smallest absolute Gasteiger partial charge is 0.238 e. The van der Waals surface area contributed by atoms with Crippen molar-refractivity contribution >= 4 is 27.5 Å². The second-order valence-electron chi connectivity index (χ2n) is 5.65. The highest BCUT2D eigenvalue weighted by molar-refractivity contribution is 9.10. The number of hydrogen-bond acceptors (Lipinski definition) is 3. The third kappa shape index (κ3) is 7.03. The number of carbonyl (C=O) groups is 1. The van der Waals surface area contributed by atoms with Crippen molar-refractivity contribution in [3.05, 3.63) is 28.7 Å². The molecule has 1 amide bonds. The SMILES string of the molecule is CC(C)(CCCO)CNCC(=O)Nc1ccc(Br)cc1. The Labute approximate surface area is 129 Å². The number of benzene rings is 1. The lowest BCUT2D eigenvalue weighted by atomic mass is 9.88. The summed E-state index contributed by atoms with van der Waals surface area (Å²) in [5.41, 5.74) is 0.875. The van der Waals surface area contributed by atoms with Crippen LogP contribution in [-0.4, -0.2) is 30.7 Å². The molecule has 0 aromatic heterocycles. The van der Waals surface area contributed by atoms with Crippen LogP contribution in [0.3, 0.4) is 0 Å². The van der Waals surface area contributed by atoms with E-state index in [0.717, 1.165) is 29.5 Å². The van der Waals surface area contributed by atoms with Crippen LogP contribution in [-0.2, 0) is 4.79 Å². The lowest BCUT2D eigenvalue weighted by Crippen LogP contribution is -2.35. The number of anilines is 1. The molecule has 1 aromatic carbocycles. The largest absolute Gasteiger partial charge is 0.396 e. The number of hydrogen-bond donors (Lipinski definition) is 3. The molecule has 0 saturated carbocycles. The highest BCUT2D eigenvalue weighted by atomic mass is 79.9. The van der Waals surface area contributed by atoms with Crippen molar-refractivity contribution in [1.82, 2.24) is 5.32 Å². The zero-order valence-electron chi connectivity index (χ0n) is 12.1. The Morgan fingerprint density at radius 1 is 1.30 bits per heavy atom. The number of halogens is 1. The van der Waals surface area contributed by atoms with E-state index < -0.39 is 0 Å². The summed E-state index contributed by atoms with van der Waals surface area (Å²) in [6, 6.07) is 7.49. The van der Waals surface area contributed by atoms with Gasteiger partial charge in [0.1, 0.15) is 0 Å². The molecule has 0 fully saturated rings. The van der Waals surface area contributed by atoms with Gasteiger partial charge in [-0.05, 0) is 42.5 Å². The van der Waals surface area contributed by atoms with Gasteiger partial charge in [0.2, 0.25) is 5.91 Å². The molecule has 0 bridgehead atoms. The molecule has 5 heteroatoms. The van der Waals surface area contributed by atoms with Crippen LogP contribution in [0.5, 0.6) is 0 Å². The molecule has 0 aliphatic heterocycles. The summed E-state index contributed by atoms with van der Waals surface area (Å²) in [6.07, 6.45) is 1.73. The van der Waals surface area contributed by atoms with E-state index in [9.17, 15) is 4.79 Å². The number of rotatable bonds is 8. The average Bonchev–Trinajstić information content (AvgIpc) is 2.39. The fourth-order valence-electron chi connectivity index (χ4n) is 1.90. The summed E-state index contributed by atoms with van der Waals surface area (Å²) >= 11 is 3.35. The monoisotopic (exact) mass is 342 g/mol. The van der Waals surface area contributed by atoms with Gasteiger partial charge in [-0.2, -0.15) is 0 Å². The van der Waals surface area contributed by atoms with Gasteiger partial charge in [0, 0.05) is 23.3 Å². The number of aliphatic hydroxyl groups excluding tert-OH is 1. The second-order valence-corrected chi connectivity index (χ2v) is 6.57. The van der Waals surface area contributed by atoms with Gasteiger partial charge in [0.15, 0.2) is 0 Å². The molecule has 0 atom stereocenters. The maximum Gasteiger partial charge on any atom is 0.238 e. The first-order valence-electron chi connectivity index (χ1n) is 6.80. The van der Waals surface area contributed by atoms with Crippen LogP contribution in [0, 0.1) is 5.41 Å². The van der Waals surface area contributed by atoms with E-state index in [4.69, 9.17) is 5.11 Å². The van der Waals surface area contributed by atoms with Gasteiger partial charge in [-0.15, -0.1) is 0 Å². The van der Waals surface area contributed by atoms with Crippen LogP contribution in [0.4, 0.5) is 5.69 Å². The minimum absolute atomic E-state index is 0.0507. The predicted molar refractivity (Wildman–Crippen MR) is 85.7 cm³/mol. The topological polar surface area (TPSA) is 61.4 Å². The zero-order valence-corrected chi connectivity index (χ0v) is 13.7. The lowest BCUT2D eigenvalue weighted by Gasteiger charge is -2.24. The minimum atomic E-state index is -0.0507. The molecule has 0 aliphatic carbocycles. The Kier molecular flexibility index (Phi) is 7.19. The zero-order chi connectivity index (χ0) is 15.0. The molecule has 4 nitrogen and oxygen atoms in total. The maximum atomic E-state index is 11.8. The Bertz CT molecular complexity index is 418. The van der Waals surface area contributed by atoms with Gasteiger partial charge in [0.05, 0.1) is 6.54 Å². The Balaban J connectivity index is 2.28. The summed E-state index contributed by atoms with van der Waals surface area (Å²) < 4.78 is 0.985. The standard InChI is InChI=1S/C15H23BrN2O2/c1-15(2,8-3-9-19)11-17-10-14(20)18-13-6-4-12(16)5-7-13/h4-7,17,19H,3,8-11H2,1-2H3,(H,18,20). The van der Waals surface area contributed by atoms with E-state index in [1.807, 2.05) is 24.3 Å². The Morgan fingerprint density at radius 3 is 2.55 bits per heavy atom. The highest BCUT2D eigenvalue weighted by Gasteiger charge is 2.17. The molecular formula is C15H23BrN2O2. The van der Waals surface area contributed by atoms with E-state index in [2.05, 4.69) is 40.4 Å². The lowest BCUT2D eigenvalue weighted by molar-refractivity contribution is -0.115. The van der Waals surface area contributed by atoms with Crippen LogP contribution in [0.1, 0.15) is 26.7 Å². The minimum Gasteiger partial charge on any atom is -0.396 e. The van der Waals surface area contributed by atoms with E-state index in [1.54, 1.807) is 0 Å². The van der Waals surface area contributed by atoms with Crippen LogP contribution < -0.4 is 10.6 Å². The van der Waals surface area contributed by atoms with Crippen LogP contribution >= 0.6 is 15.9 Å². The van der Waals surface area contributed by atoms with Gasteiger partial charge in [-0.1, -0.05) is 29.8 Å². The first kappa shape index (κ1) is 17.1. The molecule has 0 heterocycles. The van der Waals surface area contributed by atoms with Crippen LogP contribution in [0.25, 0.3) is 0 Å². The van der Waals surface area contributed by atoms with Gasteiger partial charge in [-0.25, -0.2) is 0 Å². The van der Waals surface area contributed by atoms with Crippen molar-refractivity contribution in [3.8, 4) is 0 Å². The van der Waals surface area contributed by atoms with Crippen molar-refractivity contribution < 1.29 is 9.90 Å². The fraction of sp³-hybridized carbons (Fsp3) is 0.533. The maximum absolute atomic E-state index is 11.8. The van der Waals surface area contributed by atoms with Crippen molar-refractivity contribution in [1.29, 1.82) is 0 Å². The van der Waals surface area contributed by atoms with E-state index in [0.29, 0.717) is 6.54 Å². The number of amides is 1. The van der Waals surface area contributed by atoms with Gasteiger partial charge in [0.25, 0.3) is 0 Å². The van der Waals surface area contributed by atoms with Crippen LogP contribution in [0.2, 0.25) is 0 Å². The molecule has 0 unspecified atom stereocenters. The van der Waals surface area contributed by atoms with E-state index >= 15 is 0 Å². The molecule has 1 rings (SSSR count). The first-order chi connectivity index (χ1) is 9.43. The molecular weight excluding hydrogens is 320 g/mol. The number of aliphatic hydroxyl groups is 1. The van der Waals surface area contributed by atoms with E-state index in [-0.39, 0.29) is 17.9 Å². The summed E-state index contributed by atoms with van der Waals surface area (Å²) in [4.78, 5) is 11.8. The Morgan fingerprint density at radius 2 is 1.95 bits per heavy atom. The fourth-order valence-corrected chi connectivity index (χ4v) is 2.16. The highest BCUT2D eigenvalue weighted by Crippen LogP contribution is 2.20. The summed E-state index contributed by atoms with van der Waals surface area (Å²) in [5, 5.41) is 14.8. The normalized spacial score (nSPS) is 11.4. The van der Waals surface area contributed by atoms with Crippen LogP contribution in [0.15, 0.2) is 28.7 Å². The molecule has 20 heavy (non-hydrogen) atoms. The second kappa shape index (κ2) is 8.39. The molecule has 0 saturated heterocycles. The van der Waals surface area contributed by atoms with Crippen molar-refractivity contribution in [2.75, 3.05) is 25.0 Å². The number of carbonyl (C=O) groups excluding carboxylic acids is 1. The molecule has 1 aromatic rings. The molecule has 0 radical (unpaired) electrons. The van der Waals surface area contributed by atoms with Gasteiger partial charge >= 0.3 is 0 Å². The third-order valence-corrected chi connectivity index (χ3v) is 3.56. The molecule has 112 valence electrons. The third-order valence-electron chi connectivity index (χ3n) is 3.03. The van der Waals surface area contributed by atoms with Crippen molar-refractivity contribution in [2.24, 2.45) is 5.41 Å².